The normalized spacial score (nSPS) is 18.0. The highest BCUT2D eigenvalue weighted by atomic mass is 35.5. The lowest BCUT2D eigenvalue weighted by atomic mass is 10.1. The predicted molar refractivity (Wildman–Crippen MR) is 92.0 cm³/mol. The summed E-state index contributed by atoms with van der Waals surface area (Å²) in [6.07, 6.45) is 3.64. The molecule has 0 spiro atoms. The molecule has 122 valence electrons. The van der Waals surface area contributed by atoms with Crippen LogP contribution in [0.3, 0.4) is 0 Å². The van der Waals surface area contributed by atoms with Crippen molar-refractivity contribution < 1.29 is 4.79 Å². The lowest BCUT2D eigenvalue weighted by Gasteiger charge is -2.23. The van der Waals surface area contributed by atoms with Crippen LogP contribution in [0.25, 0.3) is 11.3 Å². The molecule has 23 heavy (non-hydrogen) atoms. The zero-order chi connectivity index (χ0) is 16.4. The molecule has 1 aromatic heterocycles. The summed E-state index contributed by atoms with van der Waals surface area (Å²) in [6, 6.07) is 5.41. The van der Waals surface area contributed by atoms with Crippen molar-refractivity contribution in [1.82, 2.24) is 20.4 Å². The minimum absolute atomic E-state index is 0.108. The molecule has 1 aliphatic rings. The molecule has 0 radical (unpaired) electrons. The average Bonchev–Trinajstić information content (AvgIpc) is 2.87. The summed E-state index contributed by atoms with van der Waals surface area (Å²) in [5.74, 6) is -0.108. The van der Waals surface area contributed by atoms with Crippen LogP contribution in [0, 0.1) is 0 Å². The summed E-state index contributed by atoms with van der Waals surface area (Å²) in [4.78, 5) is 12.4. The van der Waals surface area contributed by atoms with Crippen molar-refractivity contribution in [2.45, 2.75) is 18.9 Å². The SMILES string of the molecule is Cn1ncc(Cl)c1-c1ccc(C(=O)NC2CCCNC2)cc1Cl. The van der Waals surface area contributed by atoms with E-state index in [2.05, 4.69) is 15.7 Å². The van der Waals surface area contributed by atoms with Gasteiger partial charge in [0.05, 0.1) is 21.9 Å². The Bertz CT molecular complexity index is 703. The fourth-order valence-corrected chi connectivity index (χ4v) is 3.34. The zero-order valence-electron chi connectivity index (χ0n) is 12.8. The number of benzene rings is 1. The van der Waals surface area contributed by atoms with Crippen molar-refractivity contribution >= 4 is 29.1 Å². The third-order valence-electron chi connectivity index (χ3n) is 4.01. The molecular weight excluding hydrogens is 335 g/mol. The van der Waals surface area contributed by atoms with Gasteiger partial charge in [0.2, 0.25) is 0 Å². The third-order valence-corrected chi connectivity index (χ3v) is 4.60. The van der Waals surface area contributed by atoms with Gasteiger partial charge in [-0.25, -0.2) is 0 Å². The molecule has 7 heteroatoms. The number of carbonyl (C=O) groups is 1. The number of halogens is 2. The summed E-state index contributed by atoms with van der Waals surface area (Å²) >= 11 is 12.5. The number of hydrogen-bond acceptors (Lipinski definition) is 3. The Labute approximate surface area is 145 Å². The Morgan fingerprint density at radius 2 is 2.22 bits per heavy atom. The van der Waals surface area contributed by atoms with Crippen molar-refractivity contribution in [1.29, 1.82) is 0 Å². The molecule has 2 N–H and O–H groups in total. The van der Waals surface area contributed by atoms with E-state index in [9.17, 15) is 4.79 Å². The molecule has 1 saturated heterocycles. The fraction of sp³-hybridized carbons (Fsp3) is 0.375. The second-order valence-electron chi connectivity index (χ2n) is 5.68. The summed E-state index contributed by atoms with van der Waals surface area (Å²) in [6.45, 7) is 1.82. The first-order chi connectivity index (χ1) is 11.1. The summed E-state index contributed by atoms with van der Waals surface area (Å²) < 4.78 is 1.66. The Morgan fingerprint density at radius 3 is 2.83 bits per heavy atom. The van der Waals surface area contributed by atoms with Gasteiger partial charge in [-0.2, -0.15) is 5.10 Å². The van der Waals surface area contributed by atoms with Gasteiger partial charge in [0.25, 0.3) is 5.91 Å². The lowest BCUT2D eigenvalue weighted by Crippen LogP contribution is -2.45. The number of nitrogens with zero attached hydrogens (tertiary/aromatic N) is 2. The van der Waals surface area contributed by atoms with Gasteiger partial charge >= 0.3 is 0 Å². The highest BCUT2D eigenvalue weighted by Crippen LogP contribution is 2.33. The van der Waals surface area contributed by atoms with Crippen molar-refractivity contribution in [2.75, 3.05) is 13.1 Å². The van der Waals surface area contributed by atoms with E-state index >= 15 is 0 Å². The molecule has 0 bridgehead atoms. The van der Waals surface area contributed by atoms with E-state index in [0.29, 0.717) is 15.6 Å². The van der Waals surface area contributed by atoms with E-state index in [0.717, 1.165) is 37.2 Å². The predicted octanol–water partition coefficient (Wildman–Crippen LogP) is 2.88. The van der Waals surface area contributed by atoms with E-state index in [4.69, 9.17) is 23.2 Å². The number of rotatable bonds is 3. The molecule has 1 fully saturated rings. The molecule has 5 nitrogen and oxygen atoms in total. The van der Waals surface area contributed by atoms with Crippen LogP contribution < -0.4 is 10.6 Å². The summed E-state index contributed by atoms with van der Waals surface area (Å²) in [5, 5.41) is 11.4. The van der Waals surface area contributed by atoms with E-state index in [1.54, 1.807) is 36.1 Å². The molecule has 2 aromatic rings. The van der Waals surface area contributed by atoms with Crippen LogP contribution in [0.5, 0.6) is 0 Å². The fourth-order valence-electron chi connectivity index (χ4n) is 2.81. The minimum Gasteiger partial charge on any atom is -0.348 e. The first-order valence-corrected chi connectivity index (χ1v) is 8.31. The molecule has 0 saturated carbocycles. The van der Waals surface area contributed by atoms with Crippen molar-refractivity contribution in [3.63, 3.8) is 0 Å². The monoisotopic (exact) mass is 352 g/mol. The molecular formula is C16H18Cl2N4O. The molecule has 1 aliphatic heterocycles. The maximum Gasteiger partial charge on any atom is 0.251 e. The highest BCUT2D eigenvalue weighted by Gasteiger charge is 2.18. The van der Waals surface area contributed by atoms with Crippen LogP contribution in [0.15, 0.2) is 24.4 Å². The zero-order valence-corrected chi connectivity index (χ0v) is 14.3. The van der Waals surface area contributed by atoms with E-state index in [1.165, 1.54) is 0 Å². The second-order valence-corrected chi connectivity index (χ2v) is 6.49. The number of aromatic nitrogens is 2. The first kappa shape index (κ1) is 16.3. The number of aryl methyl sites for hydroxylation is 1. The number of carbonyl (C=O) groups excluding carboxylic acids is 1. The standard InChI is InChI=1S/C16H18Cl2N4O/c1-22-15(14(18)9-20-22)12-5-4-10(7-13(12)17)16(23)21-11-3-2-6-19-8-11/h4-5,7,9,11,19H,2-3,6,8H2,1H3,(H,21,23). The van der Waals surface area contributed by atoms with E-state index in [-0.39, 0.29) is 11.9 Å². The largest absolute Gasteiger partial charge is 0.348 e. The van der Waals surface area contributed by atoms with Crippen molar-refractivity contribution in [2.24, 2.45) is 7.05 Å². The van der Waals surface area contributed by atoms with Gasteiger partial charge in [0.15, 0.2) is 0 Å². The Hall–Kier alpha value is -1.56. The van der Waals surface area contributed by atoms with E-state index < -0.39 is 0 Å². The topological polar surface area (TPSA) is 59.0 Å². The van der Waals surface area contributed by atoms with Gasteiger partial charge in [-0.05, 0) is 31.5 Å². The van der Waals surface area contributed by atoms with Crippen LogP contribution in [-0.4, -0.2) is 34.8 Å². The highest BCUT2D eigenvalue weighted by molar-refractivity contribution is 6.36. The summed E-state index contributed by atoms with van der Waals surface area (Å²) in [7, 11) is 1.80. The van der Waals surface area contributed by atoms with Gasteiger partial charge in [0.1, 0.15) is 0 Å². The van der Waals surface area contributed by atoms with Crippen LogP contribution in [-0.2, 0) is 7.05 Å². The minimum atomic E-state index is -0.108. The summed E-state index contributed by atoms with van der Waals surface area (Å²) in [5.41, 5.74) is 2.04. The first-order valence-electron chi connectivity index (χ1n) is 7.55. The molecule has 1 amide bonds. The molecule has 1 aromatic carbocycles. The Kier molecular flexibility index (Phi) is 4.90. The Morgan fingerprint density at radius 1 is 1.39 bits per heavy atom. The van der Waals surface area contributed by atoms with Crippen LogP contribution in [0.4, 0.5) is 0 Å². The quantitative estimate of drug-likeness (QED) is 0.892. The molecule has 0 aliphatic carbocycles. The lowest BCUT2D eigenvalue weighted by molar-refractivity contribution is 0.0930. The van der Waals surface area contributed by atoms with Gasteiger partial charge in [-0.3, -0.25) is 9.48 Å². The Balaban J connectivity index is 1.80. The molecule has 1 unspecified atom stereocenters. The van der Waals surface area contributed by atoms with Crippen LogP contribution in [0.2, 0.25) is 10.0 Å². The number of piperidine rings is 1. The molecule has 2 heterocycles. The van der Waals surface area contributed by atoms with Gasteiger partial charge in [-0.1, -0.05) is 29.3 Å². The van der Waals surface area contributed by atoms with Crippen LogP contribution >= 0.6 is 23.2 Å². The average molecular weight is 353 g/mol. The number of amides is 1. The number of nitrogens with one attached hydrogen (secondary N) is 2. The molecule has 1 atom stereocenters. The maximum absolute atomic E-state index is 12.4. The van der Waals surface area contributed by atoms with E-state index in [1.807, 2.05) is 0 Å². The van der Waals surface area contributed by atoms with Gasteiger partial charge in [0, 0.05) is 30.8 Å². The van der Waals surface area contributed by atoms with Crippen LogP contribution in [0.1, 0.15) is 23.2 Å². The second kappa shape index (κ2) is 6.91. The smallest absolute Gasteiger partial charge is 0.251 e. The van der Waals surface area contributed by atoms with Crippen molar-refractivity contribution in [3.05, 3.63) is 40.0 Å². The number of hydrogen-bond donors (Lipinski definition) is 2. The molecule has 3 rings (SSSR count). The van der Waals surface area contributed by atoms with Gasteiger partial charge < -0.3 is 10.6 Å². The van der Waals surface area contributed by atoms with Crippen molar-refractivity contribution in [3.8, 4) is 11.3 Å². The third kappa shape index (κ3) is 3.52. The maximum atomic E-state index is 12.4. The van der Waals surface area contributed by atoms with Gasteiger partial charge in [-0.15, -0.1) is 0 Å².